The molecule has 0 bridgehead atoms. The molecule has 66 valence electrons. The fourth-order valence-corrected chi connectivity index (χ4v) is 1.34. The average molecular weight is 166 g/mol. The summed E-state index contributed by atoms with van der Waals surface area (Å²) in [6, 6.07) is 0. The van der Waals surface area contributed by atoms with Crippen LogP contribution in [-0.2, 0) is 9.59 Å². The lowest BCUT2D eigenvalue weighted by Gasteiger charge is -1.96. The van der Waals surface area contributed by atoms with Crippen LogP contribution in [0.2, 0.25) is 0 Å². The zero-order chi connectivity index (χ0) is 8.97. The van der Waals surface area contributed by atoms with Crippen molar-refractivity contribution in [1.82, 2.24) is 0 Å². The first-order chi connectivity index (χ1) is 5.68. The van der Waals surface area contributed by atoms with Crippen LogP contribution in [0.5, 0.6) is 0 Å². The molecule has 0 heterocycles. The van der Waals surface area contributed by atoms with Crippen molar-refractivity contribution in [2.45, 2.75) is 39.0 Å². The summed E-state index contributed by atoms with van der Waals surface area (Å²) in [6.07, 6.45) is 4.79. The van der Waals surface area contributed by atoms with E-state index in [0.29, 0.717) is 25.7 Å². The molecule has 0 amide bonds. The van der Waals surface area contributed by atoms with Crippen LogP contribution in [0, 0.1) is 0 Å². The number of Topliss-reactive ketones (excluding diaryl/α,β-unsaturated/α-hetero) is 2. The van der Waals surface area contributed by atoms with Crippen LogP contribution in [0.25, 0.3) is 0 Å². The lowest BCUT2D eigenvalue weighted by atomic mass is 10.1. The van der Waals surface area contributed by atoms with Gasteiger partial charge in [-0.15, -0.1) is 0 Å². The standard InChI is InChI=1S/C10H14O2/c1-8-5-6-9(11)3-2-4-10(12)7-8/h5H,2-4,6-7H2,1H3/b8-5-. The van der Waals surface area contributed by atoms with Crippen LogP contribution >= 0.6 is 0 Å². The summed E-state index contributed by atoms with van der Waals surface area (Å²) in [5, 5.41) is 0. The van der Waals surface area contributed by atoms with Gasteiger partial charge in [0.25, 0.3) is 0 Å². The number of rotatable bonds is 0. The Morgan fingerprint density at radius 3 is 2.58 bits per heavy atom. The molecule has 0 aromatic rings. The molecule has 0 radical (unpaired) electrons. The molecule has 1 rings (SSSR count). The highest BCUT2D eigenvalue weighted by molar-refractivity contribution is 5.84. The van der Waals surface area contributed by atoms with Gasteiger partial charge in [-0.3, -0.25) is 9.59 Å². The molecule has 0 saturated carbocycles. The Morgan fingerprint density at radius 1 is 1.17 bits per heavy atom. The molecule has 0 N–H and O–H groups in total. The number of ketones is 2. The van der Waals surface area contributed by atoms with E-state index in [0.717, 1.165) is 12.0 Å². The number of hydrogen-bond donors (Lipinski definition) is 0. The van der Waals surface area contributed by atoms with Crippen molar-refractivity contribution in [3.8, 4) is 0 Å². The van der Waals surface area contributed by atoms with E-state index in [1.807, 2.05) is 13.0 Å². The average Bonchev–Trinajstić information content (AvgIpc) is 2.05. The summed E-state index contributed by atoms with van der Waals surface area (Å²) in [6.45, 7) is 1.91. The SMILES string of the molecule is C/C1=C/CC(=O)CCCC(=O)C1. The molecule has 0 aliphatic heterocycles. The van der Waals surface area contributed by atoms with E-state index in [9.17, 15) is 9.59 Å². The maximum Gasteiger partial charge on any atom is 0.136 e. The summed E-state index contributed by atoms with van der Waals surface area (Å²) in [7, 11) is 0. The summed E-state index contributed by atoms with van der Waals surface area (Å²) >= 11 is 0. The third kappa shape index (κ3) is 2.99. The van der Waals surface area contributed by atoms with Crippen LogP contribution < -0.4 is 0 Å². The Kier molecular flexibility index (Phi) is 3.20. The Bertz CT molecular complexity index is 226. The first-order valence-corrected chi connectivity index (χ1v) is 4.37. The summed E-state index contributed by atoms with van der Waals surface area (Å²) in [5.74, 6) is 0.516. The van der Waals surface area contributed by atoms with Crippen molar-refractivity contribution < 1.29 is 9.59 Å². The van der Waals surface area contributed by atoms with Crippen molar-refractivity contribution in [2.75, 3.05) is 0 Å². The van der Waals surface area contributed by atoms with Crippen molar-refractivity contribution in [1.29, 1.82) is 0 Å². The Hall–Kier alpha value is -0.920. The fraction of sp³-hybridized carbons (Fsp3) is 0.600. The second-order valence-corrected chi connectivity index (χ2v) is 3.36. The third-order valence-electron chi connectivity index (χ3n) is 2.07. The van der Waals surface area contributed by atoms with E-state index >= 15 is 0 Å². The molecule has 12 heavy (non-hydrogen) atoms. The van der Waals surface area contributed by atoms with Gasteiger partial charge >= 0.3 is 0 Å². The summed E-state index contributed by atoms with van der Waals surface area (Å²) in [4.78, 5) is 22.2. The first kappa shape index (κ1) is 9.17. The zero-order valence-corrected chi connectivity index (χ0v) is 7.43. The maximum atomic E-state index is 11.2. The molecule has 1 aliphatic rings. The van der Waals surface area contributed by atoms with Gasteiger partial charge in [-0.05, 0) is 13.3 Å². The van der Waals surface area contributed by atoms with Gasteiger partial charge in [0.2, 0.25) is 0 Å². The molecule has 0 spiro atoms. The topological polar surface area (TPSA) is 34.1 Å². The number of carbonyl (C=O) groups excluding carboxylic acids is 2. The Balaban J connectivity index is 2.61. The highest BCUT2D eigenvalue weighted by atomic mass is 16.1. The largest absolute Gasteiger partial charge is 0.299 e. The molecule has 0 atom stereocenters. The molecule has 0 aromatic heterocycles. The smallest absolute Gasteiger partial charge is 0.136 e. The van der Waals surface area contributed by atoms with Crippen LogP contribution in [-0.4, -0.2) is 11.6 Å². The number of allylic oxidation sites excluding steroid dienone is 2. The van der Waals surface area contributed by atoms with Crippen molar-refractivity contribution in [2.24, 2.45) is 0 Å². The van der Waals surface area contributed by atoms with Gasteiger partial charge in [0.15, 0.2) is 0 Å². The second-order valence-electron chi connectivity index (χ2n) is 3.36. The molecule has 0 unspecified atom stereocenters. The Morgan fingerprint density at radius 2 is 1.83 bits per heavy atom. The number of carbonyl (C=O) groups is 2. The van der Waals surface area contributed by atoms with Gasteiger partial charge in [0, 0.05) is 25.7 Å². The van der Waals surface area contributed by atoms with E-state index in [1.165, 1.54) is 0 Å². The van der Waals surface area contributed by atoms with Crippen molar-refractivity contribution in [3.05, 3.63) is 11.6 Å². The molecular weight excluding hydrogens is 152 g/mol. The van der Waals surface area contributed by atoms with Crippen molar-refractivity contribution >= 4 is 11.6 Å². The molecule has 1 aliphatic carbocycles. The molecule has 0 fully saturated rings. The van der Waals surface area contributed by atoms with Gasteiger partial charge in [0.1, 0.15) is 11.6 Å². The van der Waals surface area contributed by atoms with Gasteiger partial charge in [-0.2, -0.15) is 0 Å². The van der Waals surface area contributed by atoms with E-state index in [2.05, 4.69) is 0 Å². The van der Waals surface area contributed by atoms with E-state index < -0.39 is 0 Å². The lowest BCUT2D eigenvalue weighted by Crippen LogP contribution is -1.98. The molecule has 2 nitrogen and oxygen atoms in total. The molecule has 2 heteroatoms. The third-order valence-corrected chi connectivity index (χ3v) is 2.07. The van der Waals surface area contributed by atoms with Crippen molar-refractivity contribution in [3.63, 3.8) is 0 Å². The normalized spacial score (nSPS) is 25.2. The number of hydrogen-bond acceptors (Lipinski definition) is 2. The first-order valence-electron chi connectivity index (χ1n) is 4.37. The second kappa shape index (κ2) is 4.19. The van der Waals surface area contributed by atoms with Crippen LogP contribution in [0.15, 0.2) is 11.6 Å². The molecule has 0 saturated heterocycles. The monoisotopic (exact) mass is 166 g/mol. The van der Waals surface area contributed by atoms with Crippen LogP contribution in [0.4, 0.5) is 0 Å². The summed E-state index contributed by atoms with van der Waals surface area (Å²) in [5.41, 5.74) is 1.04. The highest BCUT2D eigenvalue weighted by Crippen LogP contribution is 2.11. The van der Waals surface area contributed by atoms with Crippen LogP contribution in [0.1, 0.15) is 39.0 Å². The predicted molar refractivity (Wildman–Crippen MR) is 46.9 cm³/mol. The van der Waals surface area contributed by atoms with Gasteiger partial charge < -0.3 is 0 Å². The summed E-state index contributed by atoms with van der Waals surface area (Å²) < 4.78 is 0. The van der Waals surface area contributed by atoms with E-state index in [4.69, 9.17) is 0 Å². The van der Waals surface area contributed by atoms with Crippen LogP contribution in [0.3, 0.4) is 0 Å². The Labute approximate surface area is 72.7 Å². The zero-order valence-electron chi connectivity index (χ0n) is 7.43. The minimum absolute atomic E-state index is 0.254. The molecule has 0 aromatic carbocycles. The van der Waals surface area contributed by atoms with Gasteiger partial charge in [-0.1, -0.05) is 11.6 Å². The quantitative estimate of drug-likeness (QED) is 0.516. The van der Waals surface area contributed by atoms with E-state index in [1.54, 1.807) is 0 Å². The highest BCUT2D eigenvalue weighted by Gasteiger charge is 2.08. The fourth-order valence-electron chi connectivity index (χ4n) is 1.34. The molecular formula is C10H14O2. The predicted octanol–water partition coefficient (Wildman–Crippen LogP) is 2.04. The van der Waals surface area contributed by atoms with Gasteiger partial charge in [0.05, 0.1) is 0 Å². The van der Waals surface area contributed by atoms with E-state index in [-0.39, 0.29) is 11.6 Å². The minimum atomic E-state index is 0.254. The maximum absolute atomic E-state index is 11.2. The minimum Gasteiger partial charge on any atom is -0.299 e. The lowest BCUT2D eigenvalue weighted by molar-refractivity contribution is -0.119. The van der Waals surface area contributed by atoms with Gasteiger partial charge in [-0.25, -0.2) is 0 Å².